The zero-order valence-electron chi connectivity index (χ0n) is 11.5. The van der Waals surface area contributed by atoms with Crippen LogP contribution in [0.15, 0.2) is 26.5 Å². The van der Waals surface area contributed by atoms with Crippen LogP contribution in [0.4, 0.5) is 0 Å². The van der Waals surface area contributed by atoms with Crippen LogP contribution in [0.2, 0.25) is 0 Å². The SMILES string of the molecule is Cc1cc(CN2CCN(Cc3ccc(Br)s3)CC2)no1. The van der Waals surface area contributed by atoms with E-state index in [4.69, 9.17) is 4.52 Å². The molecule has 1 fully saturated rings. The van der Waals surface area contributed by atoms with Crippen LogP contribution in [0.1, 0.15) is 16.3 Å². The van der Waals surface area contributed by atoms with Gasteiger partial charge in [-0.05, 0) is 35.0 Å². The first kappa shape index (κ1) is 14.3. The molecule has 0 bridgehead atoms. The van der Waals surface area contributed by atoms with Crippen LogP contribution in [-0.2, 0) is 13.1 Å². The van der Waals surface area contributed by atoms with Crippen molar-refractivity contribution in [1.29, 1.82) is 0 Å². The fourth-order valence-electron chi connectivity index (χ4n) is 2.48. The van der Waals surface area contributed by atoms with Gasteiger partial charge >= 0.3 is 0 Å². The number of thiophene rings is 1. The Morgan fingerprint density at radius 3 is 2.45 bits per heavy atom. The standard InChI is InChI=1S/C14H18BrN3OS/c1-11-8-12(16-19-11)9-17-4-6-18(7-5-17)10-13-2-3-14(15)20-13/h2-3,8H,4-7,9-10H2,1H3. The third kappa shape index (κ3) is 3.69. The average Bonchev–Trinajstić information content (AvgIpc) is 3.01. The zero-order valence-corrected chi connectivity index (χ0v) is 13.9. The van der Waals surface area contributed by atoms with Crippen molar-refractivity contribution in [3.63, 3.8) is 0 Å². The molecule has 0 atom stereocenters. The Bertz CT molecular complexity index is 510. The molecule has 108 valence electrons. The molecule has 1 aliphatic rings. The van der Waals surface area contributed by atoms with Gasteiger partial charge in [-0.3, -0.25) is 9.80 Å². The van der Waals surface area contributed by atoms with E-state index in [9.17, 15) is 0 Å². The number of aryl methyl sites for hydroxylation is 1. The summed E-state index contributed by atoms with van der Waals surface area (Å²) in [5, 5.41) is 4.07. The molecular weight excluding hydrogens is 338 g/mol. The molecule has 2 aromatic rings. The lowest BCUT2D eigenvalue weighted by atomic mass is 10.2. The number of rotatable bonds is 4. The molecule has 0 amide bonds. The maximum atomic E-state index is 5.12. The molecule has 0 unspecified atom stereocenters. The summed E-state index contributed by atoms with van der Waals surface area (Å²) in [5.41, 5.74) is 1.04. The molecule has 0 saturated carbocycles. The summed E-state index contributed by atoms with van der Waals surface area (Å²) in [5.74, 6) is 0.891. The first-order chi connectivity index (χ1) is 9.69. The minimum Gasteiger partial charge on any atom is -0.361 e. The summed E-state index contributed by atoms with van der Waals surface area (Å²) in [6.07, 6.45) is 0. The van der Waals surface area contributed by atoms with E-state index in [0.717, 1.165) is 50.7 Å². The number of hydrogen-bond acceptors (Lipinski definition) is 5. The number of nitrogens with zero attached hydrogens (tertiary/aromatic N) is 3. The Morgan fingerprint density at radius 1 is 1.20 bits per heavy atom. The van der Waals surface area contributed by atoms with Crippen molar-refractivity contribution in [2.45, 2.75) is 20.0 Å². The normalized spacial score (nSPS) is 17.7. The molecule has 0 spiro atoms. The second-order valence-electron chi connectivity index (χ2n) is 5.19. The topological polar surface area (TPSA) is 32.5 Å². The summed E-state index contributed by atoms with van der Waals surface area (Å²) in [6, 6.07) is 6.36. The largest absolute Gasteiger partial charge is 0.361 e. The van der Waals surface area contributed by atoms with Crippen LogP contribution in [-0.4, -0.2) is 41.1 Å². The van der Waals surface area contributed by atoms with E-state index in [1.165, 1.54) is 8.66 Å². The lowest BCUT2D eigenvalue weighted by Gasteiger charge is -2.33. The van der Waals surface area contributed by atoms with Gasteiger partial charge in [0.25, 0.3) is 0 Å². The molecule has 0 aromatic carbocycles. The average molecular weight is 356 g/mol. The van der Waals surface area contributed by atoms with E-state index < -0.39 is 0 Å². The molecule has 0 N–H and O–H groups in total. The van der Waals surface area contributed by atoms with Crippen molar-refractivity contribution < 1.29 is 4.52 Å². The summed E-state index contributed by atoms with van der Waals surface area (Å²) < 4.78 is 6.33. The monoisotopic (exact) mass is 355 g/mol. The van der Waals surface area contributed by atoms with E-state index >= 15 is 0 Å². The van der Waals surface area contributed by atoms with Gasteiger partial charge in [-0.25, -0.2) is 0 Å². The van der Waals surface area contributed by atoms with Gasteiger partial charge in [0.2, 0.25) is 0 Å². The molecular formula is C14H18BrN3OS. The van der Waals surface area contributed by atoms with Crippen LogP contribution in [0.5, 0.6) is 0 Å². The zero-order chi connectivity index (χ0) is 13.9. The maximum Gasteiger partial charge on any atom is 0.133 e. The first-order valence-electron chi connectivity index (χ1n) is 6.80. The third-order valence-corrected chi connectivity index (χ3v) is 5.14. The van der Waals surface area contributed by atoms with Gasteiger partial charge in [0.05, 0.1) is 9.48 Å². The highest BCUT2D eigenvalue weighted by Gasteiger charge is 2.18. The van der Waals surface area contributed by atoms with Crippen molar-refractivity contribution in [2.75, 3.05) is 26.2 Å². The van der Waals surface area contributed by atoms with Crippen molar-refractivity contribution >= 4 is 27.3 Å². The Hall–Kier alpha value is -0.690. The van der Waals surface area contributed by atoms with Crippen LogP contribution in [0.25, 0.3) is 0 Å². The lowest BCUT2D eigenvalue weighted by molar-refractivity contribution is 0.121. The summed E-state index contributed by atoms with van der Waals surface area (Å²) in [4.78, 5) is 6.39. The van der Waals surface area contributed by atoms with Crippen LogP contribution in [0.3, 0.4) is 0 Å². The fourth-order valence-corrected chi connectivity index (χ4v) is 4.01. The second kappa shape index (κ2) is 6.39. The van der Waals surface area contributed by atoms with Gasteiger partial charge < -0.3 is 4.52 Å². The highest BCUT2D eigenvalue weighted by Crippen LogP contribution is 2.23. The molecule has 0 aliphatic carbocycles. The van der Waals surface area contributed by atoms with E-state index in [1.54, 1.807) is 0 Å². The van der Waals surface area contributed by atoms with Gasteiger partial charge in [-0.1, -0.05) is 5.16 Å². The van der Waals surface area contributed by atoms with Gasteiger partial charge in [0.15, 0.2) is 0 Å². The molecule has 1 aliphatic heterocycles. The van der Waals surface area contributed by atoms with Crippen LogP contribution >= 0.6 is 27.3 Å². The number of halogens is 1. The summed E-state index contributed by atoms with van der Waals surface area (Å²) in [7, 11) is 0. The van der Waals surface area contributed by atoms with E-state index in [0.29, 0.717) is 0 Å². The Morgan fingerprint density at radius 2 is 1.90 bits per heavy atom. The molecule has 2 aromatic heterocycles. The Labute approximate surface area is 131 Å². The van der Waals surface area contributed by atoms with Crippen LogP contribution < -0.4 is 0 Å². The maximum absolute atomic E-state index is 5.12. The van der Waals surface area contributed by atoms with Crippen molar-refractivity contribution in [3.05, 3.63) is 38.3 Å². The summed E-state index contributed by atoms with van der Waals surface area (Å²) >= 11 is 5.35. The predicted molar refractivity (Wildman–Crippen MR) is 83.8 cm³/mol. The molecule has 0 radical (unpaired) electrons. The second-order valence-corrected chi connectivity index (χ2v) is 7.73. The minimum absolute atomic E-state index is 0.891. The molecule has 6 heteroatoms. The molecule has 1 saturated heterocycles. The lowest BCUT2D eigenvalue weighted by Crippen LogP contribution is -2.45. The number of hydrogen-bond donors (Lipinski definition) is 0. The highest BCUT2D eigenvalue weighted by atomic mass is 79.9. The van der Waals surface area contributed by atoms with Gasteiger partial charge in [-0.15, -0.1) is 11.3 Å². The van der Waals surface area contributed by atoms with E-state index in [2.05, 4.69) is 43.0 Å². The van der Waals surface area contributed by atoms with Gasteiger partial charge in [0, 0.05) is 50.2 Å². The summed E-state index contributed by atoms with van der Waals surface area (Å²) in [6.45, 7) is 8.33. The fraction of sp³-hybridized carbons (Fsp3) is 0.500. The van der Waals surface area contributed by atoms with Crippen LogP contribution in [0, 0.1) is 6.92 Å². The molecule has 3 heterocycles. The number of piperazine rings is 1. The van der Waals surface area contributed by atoms with Crippen molar-refractivity contribution in [1.82, 2.24) is 15.0 Å². The number of aromatic nitrogens is 1. The highest BCUT2D eigenvalue weighted by molar-refractivity contribution is 9.11. The van der Waals surface area contributed by atoms with E-state index in [1.807, 2.05) is 24.3 Å². The smallest absolute Gasteiger partial charge is 0.133 e. The quantitative estimate of drug-likeness (QED) is 0.843. The minimum atomic E-state index is 0.891. The molecule has 4 nitrogen and oxygen atoms in total. The predicted octanol–water partition coefficient (Wildman–Crippen LogP) is 3.12. The molecule has 20 heavy (non-hydrogen) atoms. The first-order valence-corrected chi connectivity index (χ1v) is 8.41. The van der Waals surface area contributed by atoms with Crippen molar-refractivity contribution in [2.24, 2.45) is 0 Å². The van der Waals surface area contributed by atoms with Gasteiger partial charge in [0.1, 0.15) is 5.76 Å². The third-order valence-electron chi connectivity index (χ3n) is 3.54. The van der Waals surface area contributed by atoms with Gasteiger partial charge in [-0.2, -0.15) is 0 Å². The Balaban J connectivity index is 1.47. The van der Waals surface area contributed by atoms with Crippen molar-refractivity contribution in [3.8, 4) is 0 Å². The Kier molecular flexibility index (Phi) is 4.55. The van der Waals surface area contributed by atoms with E-state index in [-0.39, 0.29) is 0 Å². The molecule has 3 rings (SSSR count).